The number of carbonyl (C=O) groups is 2. The summed E-state index contributed by atoms with van der Waals surface area (Å²) in [5.41, 5.74) is 5.15. The Bertz CT molecular complexity index is 772. The van der Waals surface area contributed by atoms with Crippen molar-refractivity contribution in [1.82, 2.24) is 15.8 Å². The molecule has 132 valence electrons. The zero-order valence-electron chi connectivity index (χ0n) is 13.8. The third-order valence-electron chi connectivity index (χ3n) is 3.18. The Hall–Kier alpha value is -2.81. The molecule has 0 aliphatic carbocycles. The van der Waals surface area contributed by atoms with Gasteiger partial charge in [0, 0.05) is 22.4 Å². The van der Waals surface area contributed by atoms with Gasteiger partial charge in [-0.05, 0) is 34.1 Å². The summed E-state index contributed by atoms with van der Waals surface area (Å²) >= 11 is 3.22. The van der Waals surface area contributed by atoms with Gasteiger partial charge in [0.2, 0.25) is 5.75 Å². The van der Waals surface area contributed by atoms with Crippen LogP contribution >= 0.6 is 15.9 Å². The van der Waals surface area contributed by atoms with E-state index in [-0.39, 0.29) is 5.56 Å². The number of nitrogens with zero attached hydrogens (tertiary/aromatic N) is 1. The number of nitrogens with one attached hydrogen (secondary N) is 2. The first kappa shape index (κ1) is 18.5. The number of rotatable bonds is 5. The molecule has 0 saturated carbocycles. The van der Waals surface area contributed by atoms with E-state index < -0.39 is 11.8 Å². The van der Waals surface area contributed by atoms with Crippen molar-refractivity contribution < 1.29 is 23.8 Å². The lowest BCUT2D eigenvalue weighted by molar-refractivity contribution is 0.0846. The van der Waals surface area contributed by atoms with Gasteiger partial charge < -0.3 is 14.2 Å². The Labute approximate surface area is 152 Å². The van der Waals surface area contributed by atoms with Crippen LogP contribution in [0.2, 0.25) is 0 Å². The second-order valence-electron chi connectivity index (χ2n) is 4.71. The molecule has 1 heterocycles. The lowest BCUT2D eigenvalue weighted by atomic mass is 10.1. The van der Waals surface area contributed by atoms with Gasteiger partial charge in [-0.2, -0.15) is 0 Å². The molecule has 2 N–H and O–H groups in total. The molecule has 25 heavy (non-hydrogen) atoms. The second kappa shape index (κ2) is 8.34. The van der Waals surface area contributed by atoms with E-state index in [1.54, 1.807) is 12.3 Å². The molecule has 0 atom stereocenters. The first-order valence-electron chi connectivity index (χ1n) is 7.01. The summed E-state index contributed by atoms with van der Waals surface area (Å²) in [5, 5.41) is 0. The number of hydrogen-bond donors (Lipinski definition) is 2. The van der Waals surface area contributed by atoms with E-state index >= 15 is 0 Å². The molecule has 0 saturated heterocycles. The number of benzene rings is 1. The smallest absolute Gasteiger partial charge is 0.271 e. The van der Waals surface area contributed by atoms with E-state index in [1.165, 1.54) is 39.7 Å². The number of aromatic nitrogens is 1. The summed E-state index contributed by atoms with van der Waals surface area (Å²) in [6.45, 7) is 0. The molecule has 0 unspecified atom stereocenters. The minimum absolute atomic E-state index is 0.224. The molecule has 2 amide bonds. The van der Waals surface area contributed by atoms with Crippen molar-refractivity contribution in [2.24, 2.45) is 0 Å². The van der Waals surface area contributed by atoms with Gasteiger partial charge >= 0.3 is 0 Å². The predicted molar refractivity (Wildman–Crippen MR) is 93.0 cm³/mol. The third kappa shape index (κ3) is 4.38. The summed E-state index contributed by atoms with van der Waals surface area (Å²) in [7, 11) is 4.36. The van der Waals surface area contributed by atoms with Gasteiger partial charge in [-0.15, -0.1) is 0 Å². The fraction of sp³-hybridized carbons (Fsp3) is 0.188. The Morgan fingerprint density at radius 2 is 1.44 bits per heavy atom. The van der Waals surface area contributed by atoms with Crippen LogP contribution in [-0.4, -0.2) is 38.1 Å². The van der Waals surface area contributed by atoms with E-state index in [2.05, 4.69) is 31.8 Å². The van der Waals surface area contributed by atoms with Crippen LogP contribution in [0.5, 0.6) is 17.2 Å². The number of pyridine rings is 1. The van der Waals surface area contributed by atoms with Crippen molar-refractivity contribution in [3.63, 3.8) is 0 Å². The SMILES string of the molecule is COc1cc(C(=O)NNC(=O)c2cncc(Br)c2)cc(OC)c1OC. The standard InChI is InChI=1S/C16H16BrN3O5/c1-23-12-5-9(6-13(24-2)14(12)25-3)15(21)19-20-16(22)10-4-11(17)8-18-7-10/h4-8H,1-3H3,(H,19,21)(H,20,22). The lowest BCUT2D eigenvalue weighted by Gasteiger charge is -2.14. The average molecular weight is 410 g/mol. The molecule has 0 radical (unpaired) electrons. The fourth-order valence-electron chi connectivity index (χ4n) is 2.01. The zero-order chi connectivity index (χ0) is 18.4. The molecule has 1 aromatic heterocycles. The van der Waals surface area contributed by atoms with Crippen molar-refractivity contribution >= 4 is 27.7 Å². The molecule has 0 spiro atoms. The van der Waals surface area contributed by atoms with Crippen LogP contribution in [0.3, 0.4) is 0 Å². The van der Waals surface area contributed by atoms with Gasteiger partial charge in [0.15, 0.2) is 11.5 Å². The first-order valence-corrected chi connectivity index (χ1v) is 7.80. The van der Waals surface area contributed by atoms with E-state index in [1.807, 2.05) is 0 Å². The molecule has 1 aromatic carbocycles. The zero-order valence-corrected chi connectivity index (χ0v) is 15.3. The van der Waals surface area contributed by atoms with Crippen LogP contribution < -0.4 is 25.1 Å². The van der Waals surface area contributed by atoms with Crippen molar-refractivity contribution in [3.05, 3.63) is 46.2 Å². The Balaban J connectivity index is 2.14. The summed E-state index contributed by atoms with van der Waals surface area (Å²) < 4.78 is 16.2. The summed E-state index contributed by atoms with van der Waals surface area (Å²) in [4.78, 5) is 28.2. The van der Waals surface area contributed by atoms with Crippen molar-refractivity contribution in [1.29, 1.82) is 0 Å². The van der Waals surface area contributed by atoms with Gasteiger partial charge in [-0.1, -0.05) is 0 Å². The number of amides is 2. The monoisotopic (exact) mass is 409 g/mol. The van der Waals surface area contributed by atoms with Crippen LogP contribution in [0, 0.1) is 0 Å². The normalized spacial score (nSPS) is 9.92. The average Bonchev–Trinajstić information content (AvgIpc) is 2.64. The highest BCUT2D eigenvalue weighted by atomic mass is 79.9. The molecule has 2 aromatic rings. The van der Waals surface area contributed by atoms with Gasteiger partial charge in [0.05, 0.1) is 26.9 Å². The number of hydrogen-bond acceptors (Lipinski definition) is 6. The first-order chi connectivity index (χ1) is 12.0. The van der Waals surface area contributed by atoms with Gasteiger partial charge in [-0.25, -0.2) is 0 Å². The fourth-order valence-corrected chi connectivity index (χ4v) is 2.37. The summed E-state index contributed by atoms with van der Waals surface area (Å²) in [6.07, 6.45) is 2.93. The van der Waals surface area contributed by atoms with Crippen LogP contribution in [0.1, 0.15) is 20.7 Å². The lowest BCUT2D eigenvalue weighted by Crippen LogP contribution is -2.41. The van der Waals surface area contributed by atoms with E-state index in [4.69, 9.17) is 14.2 Å². The van der Waals surface area contributed by atoms with Crippen molar-refractivity contribution in [3.8, 4) is 17.2 Å². The van der Waals surface area contributed by atoms with Crippen LogP contribution in [0.4, 0.5) is 0 Å². The topological polar surface area (TPSA) is 98.8 Å². The molecule has 0 bridgehead atoms. The minimum Gasteiger partial charge on any atom is -0.493 e. The molecule has 0 aliphatic heterocycles. The number of methoxy groups -OCH3 is 3. The van der Waals surface area contributed by atoms with Crippen LogP contribution in [0.15, 0.2) is 35.1 Å². The summed E-state index contributed by atoms with van der Waals surface area (Å²) in [5.74, 6) is -0.0278. The van der Waals surface area contributed by atoms with E-state index in [0.717, 1.165) is 0 Å². The number of ether oxygens (including phenoxy) is 3. The summed E-state index contributed by atoms with van der Waals surface area (Å²) in [6, 6.07) is 4.53. The molecule has 9 heteroatoms. The highest BCUT2D eigenvalue weighted by Crippen LogP contribution is 2.38. The molecular formula is C16H16BrN3O5. The van der Waals surface area contributed by atoms with Gasteiger partial charge in [0.25, 0.3) is 11.8 Å². The maximum Gasteiger partial charge on any atom is 0.271 e. The molecule has 8 nitrogen and oxygen atoms in total. The molecule has 2 rings (SSSR count). The third-order valence-corrected chi connectivity index (χ3v) is 3.62. The highest BCUT2D eigenvalue weighted by molar-refractivity contribution is 9.10. The maximum atomic E-state index is 12.3. The number of carbonyl (C=O) groups excluding carboxylic acids is 2. The van der Waals surface area contributed by atoms with E-state index in [9.17, 15) is 9.59 Å². The maximum absolute atomic E-state index is 12.3. The highest BCUT2D eigenvalue weighted by Gasteiger charge is 2.17. The molecule has 0 fully saturated rings. The molecule has 0 aliphatic rings. The number of hydrazine groups is 1. The Morgan fingerprint density at radius 1 is 0.880 bits per heavy atom. The van der Waals surface area contributed by atoms with Crippen molar-refractivity contribution in [2.45, 2.75) is 0 Å². The Kier molecular flexibility index (Phi) is 6.18. The van der Waals surface area contributed by atoms with Crippen LogP contribution in [-0.2, 0) is 0 Å². The van der Waals surface area contributed by atoms with Crippen LogP contribution in [0.25, 0.3) is 0 Å². The quantitative estimate of drug-likeness (QED) is 0.732. The van der Waals surface area contributed by atoms with Gasteiger partial charge in [-0.3, -0.25) is 25.4 Å². The molecular weight excluding hydrogens is 394 g/mol. The minimum atomic E-state index is -0.546. The van der Waals surface area contributed by atoms with Crippen molar-refractivity contribution in [2.75, 3.05) is 21.3 Å². The predicted octanol–water partition coefficient (Wildman–Crippen LogP) is 1.94. The van der Waals surface area contributed by atoms with Gasteiger partial charge in [0.1, 0.15) is 0 Å². The number of halogens is 1. The Morgan fingerprint density at radius 3 is 1.92 bits per heavy atom. The van der Waals surface area contributed by atoms with E-state index in [0.29, 0.717) is 27.3 Å². The largest absolute Gasteiger partial charge is 0.493 e. The second-order valence-corrected chi connectivity index (χ2v) is 5.63.